The quantitative estimate of drug-likeness (QED) is 0.676. The summed E-state index contributed by atoms with van der Waals surface area (Å²) < 4.78 is 6.45. The van der Waals surface area contributed by atoms with E-state index in [4.69, 9.17) is 16.3 Å². The molecule has 1 aromatic carbocycles. The van der Waals surface area contributed by atoms with Crippen LogP contribution >= 0.6 is 22.9 Å². The van der Waals surface area contributed by atoms with Gasteiger partial charge in [-0.15, -0.1) is 11.3 Å². The van der Waals surface area contributed by atoms with E-state index >= 15 is 0 Å². The number of halogens is 1. The molecule has 1 aliphatic heterocycles. The van der Waals surface area contributed by atoms with Gasteiger partial charge in [-0.25, -0.2) is 4.79 Å². The molecule has 0 bridgehead atoms. The van der Waals surface area contributed by atoms with Crippen molar-refractivity contribution < 1.29 is 14.3 Å². The Morgan fingerprint density at radius 2 is 2.04 bits per heavy atom. The Kier molecular flexibility index (Phi) is 6.20. The smallest absolute Gasteiger partial charge is 0.410 e. The van der Waals surface area contributed by atoms with Crippen LogP contribution < -0.4 is 0 Å². The van der Waals surface area contributed by atoms with Crippen LogP contribution in [0.15, 0.2) is 24.3 Å². The Morgan fingerprint density at radius 1 is 1.32 bits per heavy atom. The largest absolute Gasteiger partial charge is 0.444 e. The molecular formula is C21H27ClN2O3S. The third kappa shape index (κ3) is 4.78. The van der Waals surface area contributed by atoms with Gasteiger partial charge in [0.1, 0.15) is 10.5 Å². The van der Waals surface area contributed by atoms with E-state index in [1.54, 1.807) is 11.9 Å². The minimum atomic E-state index is -0.516. The number of fused-ring (bicyclic) bond motifs is 1. The molecule has 2 amide bonds. The van der Waals surface area contributed by atoms with E-state index < -0.39 is 5.60 Å². The fourth-order valence-electron chi connectivity index (χ4n) is 3.50. The topological polar surface area (TPSA) is 49.9 Å². The Balaban J connectivity index is 1.66. The van der Waals surface area contributed by atoms with Crippen LogP contribution in [-0.2, 0) is 4.74 Å². The maximum atomic E-state index is 13.1. The summed E-state index contributed by atoms with van der Waals surface area (Å²) in [5.41, 5.74) is -0.516. The van der Waals surface area contributed by atoms with Gasteiger partial charge in [0.2, 0.25) is 0 Å². The molecular weight excluding hydrogens is 396 g/mol. The van der Waals surface area contributed by atoms with Gasteiger partial charge in [0.25, 0.3) is 5.91 Å². The number of rotatable bonds is 3. The molecule has 0 N–H and O–H groups in total. The first-order chi connectivity index (χ1) is 13.2. The summed E-state index contributed by atoms with van der Waals surface area (Å²) in [6, 6.07) is 7.81. The Bertz CT molecular complexity index is 874. The van der Waals surface area contributed by atoms with Crippen molar-refractivity contribution >= 4 is 45.0 Å². The standard InChI is InChI=1S/C21H27ClN2O3S/c1-21(2,3)27-20(26)23(4)12-14-8-7-11-24(13-14)19(25)18-17(22)15-9-5-6-10-16(15)28-18/h5-6,9-10,14H,7-8,11-13H2,1-4H3. The van der Waals surface area contributed by atoms with Gasteiger partial charge in [-0.2, -0.15) is 0 Å². The lowest BCUT2D eigenvalue weighted by Crippen LogP contribution is -2.44. The molecule has 3 rings (SSSR count). The van der Waals surface area contributed by atoms with Crippen LogP contribution in [0.3, 0.4) is 0 Å². The number of benzene rings is 1. The van der Waals surface area contributed by atoms with Gasteiger partial charge in [0, 0.05) is 36.8 Å². The average molecular weight is 423 g/mol. The van der Waals surface area contributed by atoms with Gasteiger partial charge in [0.05, 0.1) is 5.02 Å². The average Bonchev–Trinajstić information content (AvgIpc) is 2.97. The number of hydrogen-bond donors (Lipinski definition) is 0. The van der Waals surface area contributed by atoms with E-state index in [0.29, 0.717) is 23.0 Å². The highest BCUT2D eigenvalue weighted by molar-refractivity contribution is 7.21. The summed E-state index contributed by atoms with van der Waals surface area (Å²) in [6.45, 7) is 7.48. The first-order valence-electron chi connectivity index (χ1n) is 9.56. The fraction of sp³-hybridized carbons (Fsp3) is 0.524. The minimum Gasteiger partial charge on any atom is -0.444 e. The summed E-state index contributed by atoms with van der Waals surface area (Å²) in [6.07, 6.45) is 1.57. The summed E-state index contributed by atoms with van der Waals surface area (Å²) in [5, 5.41) is 1.47. The third-order valence-electron chi connectivity index (χ3n) is 4.77. The normalized spacial score (nSPS) is 17.6. The van der Waals surface area contributed by atoms with Crippen molar-refractivity contribution in [1.29, 1.82) is 0 Å². The number of piperidine rings is 1. The maximum absolute atomic E-state index is 13.1. The molecule has 0 aliphatic carbocycles. The minimum absolute atomic E-state index is 0.0178. The van der Waals surface area contributed by atoms with Gasteiger partial charge in [0.15, 0.2) is 0 Å². The van der Waals surface area contributed by atoms with E-state index in [9.17, 15) is 9.59 Å². The van der Waals surface area contributed by atoms with Crippen molar-refractivity contribution in [3.63, 3.8) is 0 Å². The molecule has 0 spiro atoms. The molecule has 5 nitrogen and oxygen atoms in total. The molecule has 152 valence electrons. The molecule has 1 saturated heterocycles. The van der Waals surface area contributed by atoms with Crippen molar-refractivity contribution in [3.8, 4) is 0 Å². The zero-order valence-corrected chi connectivity index (χ0v) is 18.4. The van der Waals surface area contributed by atoms with Crippen molar-refractivity contribution in [2.75, 3.05) is 26.7 Å². The molecule has 1 atom stereocenters. The zero-order chi connectivity index (χ0) is 20.5. The number of carbonyl (C=O) groups excluding carboxylic acids is 2. The molecule has 1 aromatic heterocycles. The van der Waals surface area contributed by atoms with Crippen LogP contribution in [0.25, 0.3) is 10.1 Å². The SMILES string of the molecule is CN(CC1CCCN(C(=O)c2sc3ccccc3c2Cl)C1)C(=O)OC(C)(C)C. The fourth-order valence-corrected chi connectivity index (χ4v) is 4.98. The highest BCUT2D eigenvalue weighted by atomic mass is 35.5. The van der Waals surface area contributed by atoms with Crippen LogP contribution in [-0.4, -0.2) is 54.1 Å². The number of ether oxygens (including phenoxy) is 1. The molecule has 0 saturated carbocycles. The van der Waals surface area contributed by atoms with Crippen molar-refractivity contribution in [2.24, 2.45) is 5.92 Å². The second-order valence-electron chi connectivity index (χ2n) is 8.36. The molecule has 2 aromatic rings. The second kappa shape index (κ2) is 8.29. The maximum Gasteiger partial charge on any atom is 0.410 e. The molecule has 28 heavy (non-hydrogen) atoms. The third-order valence-corrected chi connectivity index (χ3v) is 6.44. The zero-order valence-electron chi connectivity index (χ0n) is 16.8. The summed E-state index contributed by atoms with van der Waals surface area (Å²) >= 11 is 7.93. The molecule has 2 heterocycles. The van der Waals surface area contributed by atoms with Crippen LogP contribution in [0.4, 0.5) is 4.79 Å². The number of amides is 2. The highest BCUT2D eigenvalue weighted by Gasteiger charge is 2.29. The predicted molar refractivity (Wildman–Crippen MR) is 114 cm³/mol. The first-order valence-corrected chi connectivity index (χ1v) is 10.8. The van der Waals surface area contributed by atoms with Gasteiger partial charge in [-0.1, -0.05) is 29.8 Å². The summed E-state index contributed by atoms with van der Waals surface area (Å²) in [5.74, 6) is 0.208. The lowest BCUT2D eigenvalue weighted by Gasteiger charge is -2.35. The molecule has 1 fully saturated rings. The monoisotopic (exact) mass is 422 g/mol. The van der Waals surface area contributed by atoms with Crippen LogP contribution in [0.2, 0.25) is 5.02 Å². The Hall–Kier alpha value is -1.79. The Morgan fingerprint density at radius 3 is 2.71 bits per heavy atom. The van der Waals surface area contributed by atoms with Crippen molar-refractivity contribution in [1.82, 2.24) is 9.80 Å². The van der Waals surface area contributed by atoms with Crippen LogP contribution in [0.1, 0.15) is 43.3 Å². The number of hydrogen-bond acceptors (Lipinski definition) is 4. The van der Waals surface area contributed by atoms with E-state index in [1.807, 2.05) is 49.9 Å². The van der Waals surface area contributed by atoms with Gasteiger partial charge in [-0.3, -0.25) is 4.79 Å². The lowest BCUT2D eigenvalue weighted by atomic mass is 9.97. The molecule has 0 radical (unpaired) electrons. The number of carbonyl (C=O) groups is 2. The molecule has 7 heteroatoms. The summed E-state index contributed by atoms with van der Waals surface area (Å²) in [7, 11) is 1.75. The predicted octanol–water partition coefficient (Wildman–Crippen LogP) is 5.27. The number of thiophene rings is 1. The lowest BCUT2D eigenvalue weighted by molar-refractivity contribution is 0.0244. The van der Waals surface area contributed by atoms with Gasteiger partial charge in [-0.05, 0) is 45.6 Å². The van der Waals surface area contributed by atoms with Gasteiger partial charge >= 0.3 is 6.09 Å². The number of nitrogens with zero attached hydrogens (tertiary/aromatic N) is 2. The van der Waals surface area contributed by atoms with E-state index in [1.165, 1.54) is 11.3 Å². The summed E-state index contributed by atoms with van der Waals surface area (Å²) in [4.78, 5) is 29.4. The first kappa shape index (κ1) is 20.9. The van der Waals surface area contributed by atoms with Crippen LogP contribution in [0.5, 0.6) is 0 Å². The van der Waals surface area contributed by atoms with Crippen molar-refractivity contribution in [2.45, 2.75) is 39.2 Å². The molecule has 1 unspecified atom stereocenters. The van der Waals surface area contributed by atoms with Crippen LogP contribution in [0, 0.1) is 5.92 Å². The number of likely N-dealkylation sites (tertiary alicyclic amines) is 1. The molecule has 1 aliphatic rings. The second-order valence-corrected chi connectivity index (χ2v) is 9.79. The Labute approximate surface area is 175 Å². The van der Waals surface area contributed by atoms with E-state index in [2.05, 4.69) is 0 Å². The van der Waals surface area contributed by atoms with E-state index in [-0.39, 0.29) is 17.9 Å². The van der Waals surface area contributed by atoms with Gasteiger partial charge < -0.3 is 14.5 Å². The highest BCUT2D eigenvalue weighted by Crippen LogP contribution is 2.36. The van der Waals surface area contributed by atoms with E-state index in [0.717, 1.165) is 29.5 Å². The van der Waals surface area contributed by atoms with Crippen molar-refractivity contribution in [3.05, 3.63) is 34.2 Å².